The van der Waals surface area contributed by atoms with Crippen LogP contribution in [-0.2, 0) is 11.3 Å². The van der Waals surface area contributed by atoms with Crippen molar-refractivity contribution in [1.82, 2.24) is 14.7 Å². The molecular weight excluding hydrogens is 318 g/mol. The van der Waals surface area contributed by atoms with Crippen molar-refractivity contribution < 1.29 is 14.6 Å². The average molecular weight is 349 g/mol. The summed E-state index contributed by atoms with van der Waals surface area (Å²) in [7, 11) is 0. The summed E-state index contributed by atoms with van der Waals surface area (Å²) in [5.41, 5.74) is 1.45. The minimum absolute atomic E-state index is 0.0695. The molecule has 1 aromatic heterocycles. The molecular formula is C19H31N3O3. The van der Waals surface area contributed by atoms with Gasteiger partial charge in [0.15, 0.2) is 0 Å². The first-order chi connectivity index (χ1) is 11.9. The number of carbonyl (C=O) groups excluding carboxylic acids is 1. The number of amides is 1. The molecule has 2 atom stereocenters. The lowest BCUT2D eigenvalue weighted by molar-refractivity contribution is -0.207. The lowest BCUT2D eigenvalue weighted by Crippen LogP contribution is -2.62. The summed E-state index contributed by atoms with van der Waals surface area (Å²) in [5.74, 6) is 0.290. The SMILES string of the molecule is CCOC1CC(O)C12CCN(C(=O)c1cn(CC)nc1C(C)C)CC2. The molecule has 2 heterocycles. The molecule has 1 aliphatic heterocycles. The van der Waals surface area contributed by atoms with Crippen LogP contribution < -0.4 is 0 Å². The van der Waals surface area contributed by atoms with E-state index in [0.717, 1.165) is 37.1 Å². The minimum atomic E-state index is -0.296. The number of aliphatic hydroxyl groups excluding tert-OH is 1. The Kier molecular flexibility index (Phi) is 5.21. The van der Waals surface area contributed by atoms with Gasteiger partial charge < -0.3 is 14.7 Å². The first-order valence-corrected chi connectivity index (χ1v) is 9.59. The molecule has 2 fully saturated rings. The third-order valence-electron chi connectivity index (χ3n) is 5.98. The molecule has 1 saturated carbocycles. The van der Waals surface area contributed by atoms with Gasteiger partial charge in [0.1, 0.15) is 0 Å². The van der Waals surface area contributed by atoms with Crippen LogP contribution in [0.3, 0.4) is 0 Å². The topological polar surface area (TPSA) is 67.6 Å². The molecule has 0 aromatic carbocycles. The summed E-state index contributed by atoms with van der Waals surface area (Å²) in [6.07, 6.45) is 4.06. The third-order valence-corrected chi connectivity index (χ3v) is 5.98. The minimum Gasteiger partial charge on any atom is -0.392 e. The van der Waals surface area contributed by atoms with Crippen LogP contribution in [0.5, 0.6) is 0 Å². The molecule has 6 nitrogen and oxygen atoms in total. The van der Waals surface area contributed by atoms with Crippen molar-refractivity contribution in [3.63, 3.8) is 0 Å². The number of hydrogen-bond acceptors (Lipinski definition) is 4. The largest absolute Gasteiger partial charge is 0.392 e. The van der Waals surface area contributed by atoms with E-state index < -0.39 is 0 Å². The fraction of sp³-hybridized carbons (Fsp3) is 0.789. The number of aryl methyl sites for hydroxylation is 1. The van der Waals surface area contributed by atoms with Gasteiger partial charge in [0.2, 0.25) is 0 Å². The molecule has 1 N–H and O–H groups in total. The van der Waals surface area contributed by atoms with Crippen molar-refractivity contribution in [3.05, 3.63) is 17.5 Å². The molecule has 1 aromatic rings. The summed E-state index contributed by atoms with van der Waals surface area (Å²) in [5, 5.41) is 14.9. The van der Waals surface area contributed by atoms with Gasteiger partial charge in [0.25, 0.3) is 5.91 Å². The number of rotatable bonds is 5. The molecule has 3 rings (SSSR count). The maximum Gasteiger partial charge on any atom is 0.257 e. The molecule has 2 aliphatic rings. The number of hydrogen-bond donors (Lipinski definition) is 1. The molecule has 1 spiro atoms. The van der Waals surface area contributed by atoms with E-state index in [1.165, 1.54) is 0 Å². The maximum absolute atomic E-state index is 13.0. The van der Waals surface area contributed by atoms with Gasteiger partial charge in [-0.1, -0.05) is 13.8 Å². The van der Waals surface area contributed by atoms with Crippen molar-refractivity contribution in [2.45, 2.75) is 71.6 Å². The van der Waals surface area contributed by atoms with Crippen LogP contribution in [0.4, 0.5) is 0 Å². The highest BCUT2D eigenvalue weighted by molar-refractivity contribution is 5.95. The Balaban J connectivity index is 1.71. The van der Waals surface area contributed by atoms with Crippen LogP contribution >= 0.6 is 0 Å². The molecule has 6 heteroatoms. The molecule has 25 heavy (non-hydrogen) atoms. The van der Waals surface area contributed by atoms with Gasteiger partial charge in [-0.05, 0) is 32.6 Å². The second-order valence-electron chi connectivity index (χ2n) is 7.66. The second-order valence-corrected chi connectivity index (χ2v) is 7.66. The van der Waals surface area contributed by atoms with Gasteiger partial charge in [-0.2, -0.15) is 5.10 Å². The van der Waals surface area contributed by atoms with Crippen molar-refractivity contribution in [3.8, 4) is 0 Å². The van der Waals surface area contributed by atoms with Crippen LogP contribution in [0.25, 0.3) is 0 Å². The van der Waals surface area contributed by atoms with Crippen LogP contribution in [-0.4, -0.2) is 57.6 Å². The van der Waals surface area contributed by atoms with Crippen LogP contribution in [0, 0.1) is 5.41 Å². The Morgan fingerprint density at radius 1 is 1.40 bits per heavy atom. The Morgan fingerprint density at radius 3 is 2.60 bits per heavy atom. The highest BCUT2D eigenvalue weighted by Gasteiger charge is 2.56. The van der Waals surface area contributed by atoms with E-state index in [2.05, 4.69) is 18.9 Å². The van der Waals surface area contributed by atoms with Gasteiger partial charge in [-0.15, -0.1) is 0 Å². The maximum atomic E-state index is 13.0. The van der Waals surface area contributed by atoms with E-state index in [4.69, 9.17) is 4.74 Å². The fourth-order valence-corrected chi connectivity index (χ4v) is 4.30. The summed E-state index contributed by atoms with van der Waals surface area (Å²) in [6, 6.07) is 0. The first-order valence-electron chi connectivity index (χ1n) is 9.59. The number of aliphatic hydroxyl groups is 1. The highest BCUT2D eigenvalue weighted by Crippen LogP contribution is 2.51. The van der Waals surface area contributed by atoms with Crippen molar-refractivity contribution in [2.24, 2.45) is 5.41 Å². The van der Waals surface area contributed by atoms with E-state index in [1.807, 2.05) is 29.6 Å². The second kappa shape index (κ2) is 7.08. The van der Waals surface area contributed by atoms with Gasteiger partial charge in [-0.25, -0.2) is 0 Å². The molecule has 0 radical (unpaired) electrons. The Hall–Kier alpha value is -1.40. The molecule has 1 saturated heterocycles. The number of aromatic nitrogens is 2. The molecule has 1 amide bonds. The smallest absolute Gasteiger partial charge is 0.257 e. The lowest BCUT2D eigenvalue weighted by Gasteiger charge is -2.56. The van der Waals surface area contributed by atoms with Crippen molar-refractivity contribution in [1.29, 1.82) is 0 Å². The van der Waals surface area contributed by atoms with Crippen LogP contribution in [0.1, 0.15) is 68.9 Å². The number of carbonyl (C=O) groups is 1. The van der Waals surface area contributed by atoms with E-state index in [-0.39, 0.29) is 29.4 Å². The standard InChI is InChI=1S/C19H31N3O3/c1-5-22-12-14(17(20-22)13(3)4)18(24)21-9-7-19(8-10-21)15(23)11-16(19)25-6-2/h12-13,15-16,23H,5-11H2,1-4H3. The fourth-order valence-electron chi connectivity index (χ4n) is 4.30. The summed E-state index contributed by atoms with van der Waals surface area (Å²) < 4.78 is 7.66. The van der Waals surface area contributed by atoms with Crippen molar-refractivity contribution >= 4 is 5.91 Å². The zero-order valence-electron chi connectivity index (χ0n) is 15.9. The summed E-state index contributed by atoms with van der Waals surface area (Å²) in [6.45, 7) is 11.0. The van der Waals surface area contributed by atoms with Crippen molar-refractivity contribution in [2.75, 3.05) is 19.7 Å². The quantitative estimate of drug-likeness (QED) is 0.886. The summed E-state index contributed by atoms with van der Waals surface area (Å²) in [4.78, 5) is 15.0. The normalized spacial score (nSPS) is 25.4. The zero-order chi connectivity index (χ0) is 18.2. The molecule has 2 unspecified atom stereocenters. The molecule has 1 aliphatic carbocycles. The van der Waals surface area contributed by atoms with E-state index in [9.17, 15) is 9.90 Å². The monoisotopic (exact) mass is 349 g/mol. The number of nitrogens with zero attached hydrogens (tertiary/aromatic N) is 3. The summed E-state index contributed by atoms with van der Waals surface area (Å²) >= 11 is 0. The number of ether oxygens (including phenoxy) is 1. The van der Waals surface area contributed by atoms with Gasteiger partial charge in [0.05, 0.1) is 23.5 Å². The van der Waals surface area contributed by atoms with Crippen LogP contribution in [0.15, 0.2) is 6.20 Å². The molecule has 140 valence electrons. The average Bonchev–Trinajstić information content (AvgIpc) is 3.06. The predicted octanol–water partition coefficient (Wildman–Crippen LogP) is 2.42. The number of likely N-dealkylation sites (tertiary alicyclic amines) is 1. The third kappa shape index (κ3) is 3.10. The zero-order valence-corrected chi connectivity index (χ0v) is 15.9. The highest BCUT2D eigenvalue weighted by atomic mass is 16.5. The van der Waals surface area contributed by atoms with Gasteiger partial charge >= 0.3 is 0 Å². The van der Waals surface area contributed by atoms with Gasteiger partial charge in [0, 0.05) is 44.3 Å². The lowest BCUT2D eigenvalue weighted by atomic mass is 9.58. The Labute approximate surface area is 150 Å². The predicted molar refractivity (Wildman–Crippen MR) is 95.6 cm³/mol. The van der Waals surface area contributed by atoms with Gasteiger partial charge in [-0.3, -0.25) is 9.48 Å². The van der Waals surface area contributed by atoms with E-state index >= 15 is 0 Å². The first kappa shape index (κ1) is 18.4. The molecule has 0 bridgehead atoms. The van der Waals surface area contributed by atoms with E-state index in [0.29, 0.717) is 19.7 Å². The van der Waals surface area contributed by atoms with Crippen LogP contribution in [0.2, 0.25) is 0 Å². The van der Waals surface area contributed by atoms with E-state index in [1.54, 1.807) is 0 Å². The Bertz CT molecular complexity index is 615. The number of piperidine rings is 1. The Morgan fingerprint density at radius 2 is 2.08 bits per heavy atom.